The molecule has 1 aromatic rings. The molecule has 3 N–H and O–H groups in total. The van der Waals surface area contributed by atoms with Crippen LogP contribution in [0.5, 0.6) is 0 Å². The summed E-state index contributed by atoms with van der Waals surface area (Å²) in [4.78, 5) is 15.9. The van der Waals surface area contributed by atoms with Crippen LogP contribution in [0, 0.1) is 0 Å². The Morgan fingerprint density at radius 1 is 1.48 bits per heavy atom. The number of thioether (sulfide) groups is 1. The molecule has 0 aromatic carbocycles. The highest BCUT2D eigenvalue weighted by atomic mass is 32.2. The number of rotatable bonds is 9. The summed E-state index contributed by atoms with van der Waals surface area (Å²) in [7, 11) is 2.14. The standard InChI is InChI=1S/C15H27N3OS2/c1-6-10(3)18(4)9-8-17-15-14(20-5)12(16)13(21-15)11(19)7-2/h10,17H,6-9,16H2,1-5H3. The summed E-state index contributed by atoms with van der Waals surface area (Å²) in [6.45, 7) is 8.12. The van der Waals surface area contributed by atoms with Gasteiger partial charge in [-0.25, -0.2) is 0 Å². The lowest BCUT2D eigenvalue weighted by Crippen LogP contribution is -2.32. The van der Waals surface area contributed by atoms with Gasteiger partial charge in [0.15, 0.2) is 5.78 Å². The first kappa shape index (κ1) is 18.3. The molecule has 0 bridgehead atoms. The Morgan fingerprint density at radius 3 is 2.67 bits per heavy atom. The molecule has 21 heavy (non-hydrogen) atoms. The van der Waals surface area contributed by atoms with Crippen molar-refractivity contribution in [3.05, 3.63) is 4.88 Å². The van der Waals surface area contributed by atoms with Gasteiger partial charge in [-0.05, 0) is 26.6 Å². The predicted octanol–water partition coefficient (Wildman–Crippen LogP) is 3.79. The summed E-state index contributed by atoms with van der Waals surface area (Å²) in [5.74, 6) is 0.123. The van der Waals surface area contributed by atoms with Crippen molar-refractivity contribution in [2.75, 3.05) is 37.4 Å². The van der Waals surface area contributed by atoms with Crippen LogP contribution < -0.4 is 11.1 Å². The summed E-state index contributed by atoms with van der Waals surface area (Å²) >= 11 is 3.08. The van der Waals surface area contributed by atoms with Crippen LogP contribution in [-0.4, -0.2) is 43.1 Å². The van der Waals surface area contributed by atoms with Crippen molar-refractivity contribution in [3.8, 4) is 0 Å². The van der Waals surface area contributed by atoms with Gasteiger partial charge in [-0.1, -0.05) is 13.8 Å². The van der Waals surface area contributed by atoms with Gasteiger partial charge in [0.25, 0.3) is 0 Å². The van der Waals surface area contributed by atoms with E-state index in [9.17, 15) is 4.79 Å². The minimum atomic E-state index is 0.123. The van der Waals surface area contributed by atoms with Crippen LogP contribution in [0.3, 0.4) is 0 Å². The number of carbonyl (C=O) groups is 1. The van der Waals surface area contributed by atoms with Crippen LogP contribution in [0.15, 0.2) is 4.90 Å². The smallest absolute Gasteiger partial charge is 0.174 e. The van der Waals surface area contributed by atoms with E-state index in [0.29, 0.717) is 23.0 Å². The Kier molecular flexibility index (Phi) is 7.56. The molecule has 1 rings (SSSR count). The number of nitrogens with one attached hydrogen (secondary N) is 1. The molecule has 0 spiro atoms. The van der Waals surface area contributed by atoms with Crippen molar-refractivity contribution in [2.24, 2.45) is 0 Å². The molecule has 1 atom stereocenters. The lowest BCUT2D eigenvalue weighted by molar-refractivity contribution is 0.0992. The van der Waals surface area contributed by atoms with Gasteiger partial charge in [-0.2, -0.15) is 0 Å². The Hall–Kier alpha value is -0.720. The van der Waals surface area contributed by atoms with E-state index in [1.54, 1.807) is 11.8 Å². The van der Waals surface area contributed by atoms with Crippen molar-refractivity contribution in [1.82, 2.24) is 4.90 Å². The van der Waals surface area contributed by atoms with Crippen molar-refractivity contribution >= 4 is 39.6 Å². The quantitative estimate of drug-likeness (QED) is 0.533. The number of hydrogen-bond acceptors (Lipinski definition) is 6. The molecule has 1 aromatic heterocycles. The molecular weight excluding hydrogens is 302 g/mol. The van der Waals surface area contributed by atoms with Gasteiger partial charge < -0.3 is 16.0 Å². The maximum absolute atomic E-state index is 11.9. The van der Waals surface area contributed by atoms with Crippen molar-refractivity contribution < 1.29 is 4.79 Å². The molecule has 6 heteroatoms. The van der Waals surface area contributed by atoms with Crippen molar-refractivity contribution in [2.45, 2.75) is 44.6 Å². The van der Waals surface area contributed by atoms with E-state index in [1.807, 2.05) is 13.2 Å². The first-order valence-electron chi connectivity index (χ1n) is 7.39. The van der Waals surface area contributed by atoms with Gasteiger partial charge in [0.1, 0.15) is 5.00 Å². The van der Waals surface area contributed by atoms with Crippen LogP contribution in [0.4, 0.5) is 10.7 Å². The fourth-order valence-corrected chi connectivity index (χ4v) is 4.06. The van der Waals surface area contributed by atoms with Crippen molar-refractivity contribution in [3.63, 3.8) is 0 Å². The van der Waals surface area contributed by atoms with E-state index in [0.717, 1.165) is 29.4 Å². The van der Waals surface area contributed by atoms with Crippen LogP contribution >= 0.6 is 23.1 Å². The molecule has 1 unspecified atom stereocenters. The minimum Gasteiger partial charge on any atom is -0.396 e. The third kappa shape index (κ3) is 4.63. The third-order valence-electron chi connectivity index (χ3n) is 3.77. The van der Waals surface area contributed by atoms with Crippen LogP contribution in [0.25, 0.3) is 0 Å². The third-order valence-corrected chi connectivity index (χ3v) is 5.94. The van der Waals surface area contributed by atoms with Gasteiger partial charge in [0.2, 0.25) is 0 Å². The highest BCUT2D eigenvalue weighted by molar-refractivity contribution is 7.99. The zero-order chi connectivity index (χ0) is 16.0. The molecule has 0 aliphatic heterocycles. The maximum atomic E-state index is 11.9. The molecular formula is C15H27N3OS2. The number of likely N-dealkylation sites (N-methyl/N-ethyl adjacent to an activating group) is 1. The largest absolute Gasteiger partial charge is 0.396 e. The van der Waals surface area contributed by atoms with Gasteiger partial charge in [0, 0.05) is 25.6 Å². The molecule has 1 heterocycles. The van der Waals surface area contributed by atoms with Gasteiger partial charge >= 0.3 is 0 Å². The van der Waals surface area contributed by atoms with E-state index >= 15 is 0 Å². The lowest BCUT2D eigenvalue weighted by Gasteiger charge is -2.23. The average Bonchev–Trinajstić information content (AvgIpc) is 2.81. The van der Waals surface area contributed by atoms with Gasteiger partial charge in [-0.3, -0.25) is 4.79 Å². The van der Waals surface area contributed by atoms with E-state index in [-0.39, 0.29) is 5.78 Å². The Morgan fingerprint density at radius 2 is 2.14 bits per heavy atom. The Bertz CT molecular complexity index is 474. The second-order valence-corrected chi connectivity index (χ2v) is 6.99. The zero-order valence-corrected chi connectivity index (χ0v) is 15.3. The molecule has 0 radical (unpaired) electrons. The molecule has 0 aliphatic carbocycles. The summed E-state index contributed by atoms with van der Waals surface area (Å²) in [5, 5.41) is 4.46. The normalized spacial score (nSPS) is 12.7. The first-order valence-corrected chi connectivity index (χ1v) is 9.43. The second-order valence-electron chi connectivity index (χ2n) is 5.15. The number of anilines is 2. The average molecular weight is 330 g/mol. The zero-order valence-electron chi connectivity index (χ0n) is 13.7. The molecule has 0 saturated carbocycles. The van der Waals surface area contributed by atoms with Crippen LogP contribution in [0.2, 0.25) is 0 Å². The molecule has 4 nitrogen and oxygen atoms in total. The van der Waals surface area contributed by atoms with Gasteiger partial charge in [-0.15, -0.1) is 23.1 Å². The number of carbonyl (C=O) groups excluding carboxylic acids is 1. The van der Waals surface area contributed by atoms with E-state index < -0.39 is 0 Å². The molecule has 120 valence electrons. The number of Topliss-reactive ketones (excluding diaryl/α,β-unsaturated/α-hetero) is 1. The number of nitrogens with two attached hydrogens (primary N) is 1. The van der Waals surface area contributed by atoms with Crippen molar-refractivity contribution in [1.29, 1.82) is 0 Å². The highest BCUT2D eigenvalue weighted by Gasteiger charge is 2.19. The number of nitrogens with zero attached hydrogens (tertiary/aromatic N) is 1. The number of hydrogen-bond donors (Lipinski definition) is 2. The van der Waals surface area contributed by atoms with E-state index in [4.69, 9.17) is 5.73 Å². The fourth-order valence-electron chi connectivity index (χ4n) is 1.99. The summed E-state index contributed by atoms with van der Waals surface area (Å²) in [6.07, 6.45) is 3.64. The minimum absolute atomic E-state index is 0.123. The first-order chi connectivity index (χ1) is 9.96. The topological polar surface area (TPSA) is 58.4 Å². The Labute approximate surface area is 136 Å². The second kappa shape index (κ2) is 8.66. The summed E-state index contributed by atoms with van der Waals surface area (Å²) in [6, 6.07) is 0.581. The van der Waals surface area contributed by atoms with Gasteiger partial charge in [0.05, 0.1) is 15.5 Å². The summed E-state index contributed by atoms with van der Waals surface area (Å²) in [5.41, 5.74) is 6.75. The van der Waals surface area contributed by atoms with E-state index in [1.165, 1.54) is 11.3 Å². The highest BCUT2D eigenvalue weighted by Crippen LogP contribution is 2.42. The maximum Gasteiger partial charge on any atom is 0.174 e. The number of ketones is 1. The van der Waals surface area contributed by atoms with Crippen LogP contribution in [-0.2, 0) is 0 Å². The van der Waals surface area contributed by atoms with E-state index in [2.05, 4.69) is 31.1 Å². The monoisotopic (exact) mass is 329 g/mol. The Balaban J connectivity index is 2.73. The predicted molar refractivity (Wildman–Crippen MR) is 96.0 cm³/mol. The molecule has 0 amide bonds. The number of nitrogen functional groups attached to an aromatic ring is 1. The van der Waals surface area contributed by atoms with Crippen LogP contribution in [0.1, 0.15) is 43.3 Å². The lowest BCUT2D eigenvalue weighted by atomic mass is 10.2. The fraction of sp³-hybridized carbons (Fsp3) is 0.667. The number of thiophene rings is 1. The molecule has 0 saturated heterocycles. The molecule has 0 aliphatic rings. The summed E-state index contributed by atoms with van der Waals surface area (Å²) < 4.78 is 0. The SMILES string of the molecule is CCC(=O)c1sc(NCCN(C)C(C)CC)c(SC)c1N. The molecule has 0 fully saturated rings.